The van der Waals surface area contributed by atoms with E-state index in [4.69, 9.17) is 0 Å². The van der Waals surface area contributed by atoms with Gasteiger partial charge in [-0.1, -0.05) is 18.2 Å². The number of aromatic nitrogens is 1. The molecule has 2 aliphatic rings. The zero-order valence-corrected chi connectivity index (χ0v) is 19.3. The number of carbonyl (C=O) groups is 2. The Hall–Kier alpha value is -3.93. The molecule has 1 aliphatic heterocycles. The Morgan fingerprint density at radius 3 is 2.42 bits per heavy atom. The SMILES string of the molecule is O=C1NC2(CC2Cc2ccncc2Nc2ccccc2)C(=O)N1c1ccc(S(=O)(=O)C(F)(F)F)cc1. The first-order valence-corrected chi connectivity index (χ1v) is 12.3. The predicted octanol–water partition coefficient (Wildman–Crippen LogP) is 4.18. The molecule has 2 atom stereocenters. The molecule has 2 N–H and O–H groups in total. The van der Waals surface area contributed by atoms with Crippen molar-refractivity contribution in [3.05, 3.63) is 78.6 Å². The lowest BCUT2D eigenvalue weighted by Crippen LogP contribution is -2.35. The van der Waals surface area contributed by atoms with E-state index in [1.165, 1.54) is 0 Å². The lowest BCUT2D eigenvalue weighted by molar-refractivity contribution is -0.119. The van der Waals surface area contributed by atoms with Crippen LogP contribution >= 0.6 is 0 Å². The van der Waals surface area contributed by atoms with Gasteiger partial charge in [-0.3, -0.25) is 9.78 Å². The van der Waals surface area contributed by atoms with Crippen LogP contribution in [0.2, 0.25) is 0 Å². The van der Waals surface area contributed by atoms with Crippen LogP contribution in [0.3, 0.4) is 0 Å². The van der Waals surface area contributed by atoms with Crippen LogP contribution in [0.25, 0.3) is 0 Å². The Morgan fingerprint density at radius 1 is 1.06 bits per heavy atom. The van der Waals surface area contributed by atoms with Crippen molar-refractivity contribution < 1.29 is 31.2 Å². The molecule has 8 nitrogen and oxygen atoms in total. The maximum absolute atomic E-state index is 13.2. The molecule has 1 aliphatic carbocycles. The van der Waals surface area contributed by atoms with Gasteiger partial charge >= 0.3 is 11.5 Å². The number of nitrogens with zero attached hydrogens (tertiary/aromatic N) is 2. The number of urea groups is 1. The van der Waals surface area contributed by atoms with E-state index in [1.54, 1.807) is 12.4 Å². The Balaban J connectivity index is 1.33. The van der Waals surface area contributed by atoms with Crippen molar-refractivity contribution in [1.82, 2.24) is 10.3 Å². The van der Waals surface area contributed by atoms with Crippen LogP contribution in [0.1, 0.15) is 12.0 Å². The molecule has 1 saturated heterocycles. The molecule has 1 saturated carbocycles. The average molecular weight is 517 g/mol. The monoisotopic (exact) mass is 516 g/mol. The van der Waals surface area contributed by atoms with E-state index in [2.05, 4.69) is 15.6 Å². The van der Waals surface area contributed by atoms with Gasteiger partial charge in [-0.25, -0.2) is 18.1 Å². The zero-order valence-electron chi connectivity index (χ0n) is 18.5. The third-order valence-electron chi connectivity index (χ3n) is 6.36. The molecule has 2 fully saturated rings. The summed E-state index contributed by atoms with van der Waals surface area (Å²) in [6.45, 7) is 0. The number of para-hydroxylation sites is 1. The Bertz CT molecular complexity index is 1450. The molecule has 3 aromatic rings. The minimum Gasteiger partial charge on any atom is -0.354 e. The summed E-state index contributed by atoms with van der Waals surface area (Å²) in [6, 6.07) is 14.1. The minimum absolute atomic E-state index is 0.0171. The van der Waals surface area contributed by atoms with Gasteiger partial charge in [0.05, 0.1) is 22.5 Å². The summed E-state index contributed by atoms with van der Waals surface area (Å²) in [5.41, 5.74) is -4.07. The molecule has 186 valence electrons. The number of anilines is 3. The molecule has 1 spiro atoms. The smallest absolute Gasteiger partial charge is 0.354 e. The Labute approximate surface area is 204 Å². The largest absolute Gasteiger partial charge is 0.501 e. The summed E-state index contributed by atoms with van der Waals surface area (Å²) in [5, 5.41) is 6.01. The lowest BCUT2D eigenvalue weighted by atomic mass is 10.0. The van der Waals surface area contributed by atoms with E-state index >= 15 is 0 Å². The Kier molecular flexibility index (Phi) is 5.51. The lowest BCUT2D eigenvalue weighted by Gasteiger charge is -2.15. The fourth-order valence-electron chi connectivity index (χ4n) is 4.38. The number of carbonyl (C=O) groups excluding carboxylic acids is 2. The molecule has 2 unspecified atom stereocenters. The number of hydrogen-bond donors (Lipinski definition) is 2. The molecule has 12 heteroatoms. The molecule has 5 rings (SSSR count). The number of imide groups is 1. The number of amides is 3. The molecule has 0 bridgehead atoms. The minimum atomic E-state index is -5.54. The summed E-state index contributed by atoms with van der Waals surface area (Å²) < 4.78 is 61.6. The topological polar surface area (TPSA) is 108 Å². The molecule has 3 amide bonds. The van der Waals surface area contributed by atoms with E-state index in [1.807, 2.05) is 36.4 Å². The van der Waals surface area contributed by atoms with E-state index in [0.29, 0.717) is 12.8 Å². The summed E-state index contributed by atoms with van der Waals surface area (Å²) in [6.07, 6.45) is 4.18. The van der Waals surface area contributed by atoms with Crippen molar-refractivity contribution in [2.24, 2.45) is 5.92 Å². The molecule has 36 heavy (non-hydrogen) atoms. The van der Waals surface area contributed by atoms with Gasteiger partial charge in [0.1, 0.15) is 5.54 Å². The van der Waals surface area contributed by atoms with Gasteiger partial charge in [0.25, 0.3) is 15.7 Å². The van der Waals surface area contributed by atoms with Crippen LogP contribution in [-0.2, 0) is 21.1 Å². The standard InChI is InChI=1S/C24H19F3N4O4S/c25-24(26,27)36(34,35)19-8-6-18(7-9-19)31-21(32)23(30-22(31)33)13-16(23)12-15-10-11-28-14-20(15)29-17-4-2-1-3-5-17/h1-11,14,16,29H,12-13H2,(H,30,33). The number of hydrogen-bond acceptors (Lipinski definition) is 6. The van der Waals surface area contributed by atoms with Gasteiger partial charge in [0, 0.05) is 11.9 Å². The van der Waals surface area contributed by atoms with Crippen LogP contribution in [0.4, 0.5) is 35.0 Å². The summed E-state index contributed by atoms with van der Waals surface area (Å²) in [4.78, 5) is 29.9. The van der Waals surface area contributed by atoms with Gasteiger partial charge in [0.15, 0.2) is 0 Å². The molecule has 1 aromatic heterocycles. The highest BCUT2D eigenvalue weighted by Crippen LogP contribution is 2.51. The van der Waals surface area contributed by atoms with Crippen LogP contribution in [0.5, 0.6) is 0 Å². The van der Waals surface area contributed by atoms with Crippen molar-refractivity contribution in [2.75, 3.05) is 10.2 Å². The number of pyridine rings is 1. The van der Waals surface area contributed by atoms with Crippen LogP contribution in [-0.4, -0.2) is 36.4 Å². The maximum Gasteiger partial charge on any atom is 0.501 e. The highest BCUT2D eigenvalue weighted by Gasteiger charge is 2.67. The number of sulfone groups is 1. The van der Waals surface area contributed by atoms with Gasteiger partial charge in [-0.2, -0.15) is 13.2 Å². The first-order chi connectivity index (χ1) is 17.0. The second-order valence-corrected chi connectivity index (χ2v) is 10.6. The normalized spacial score (nSPS) is 21.5. The highest BCUT2D eigenvalue weighted by molar-refractivity contribution is 7.92. The summed E-state index contributed by atoms with van der Waals surface area (Å²) >= 11 is 0. The predicted molar refractivity (Wildman–Crippen MR) is 124 cm³/mol. The second-order valence-electron chi connectivity index (χ2n) is 8.61. The Morgan fingerprint density at radius 2 is 1.75 bits per heavy atom. The average Bonchev–Trinajstić information content (AvgIpc) is 3.46. The number of halogens is 3. The van der Waals surface area contributed by atoms with Crippen LogP contribution in [0, 0.1) is 5.92 Å². The fourth-order valence-corrected chi connectivity index (χ4v) is 5.14. The first kappa shape index (κ1) is 23.8. The third kappa shape index (κ3) is 3.96. The van der Waals surface area contributed by atoms with Crippen molar-refractivity contribution >= 4 is 38.8 Å². The fraction of sp³-hybridized carbons (Fsp3) is 0.208. The van der Waals surface area contributed by atoms with Crippen LogP contribution in [0.15, 0.2) is 78.0 Å². The summed E-state index contributed by atoms with van der Waals surface area (Å²) in [5.74, 6) is -0.738. The van der Waals surface area contributed by atoms with Crippen molar-refractivity contribution in [3.8, 4) is 0 Å². The molecule has 2 aromatic carbocycles. The number of rotatable bonds is 6. The number of benzene rings is 2. The summed E-state index contributed by atoms with van der Waals surface area (Å²) in [7, 11) is -5.54. The number of alkyl halides is 3. The van der Waals surface area contributed by atoms with Crippen molar-refractivity contribution in [1.29, 1.82) is 0 Å². The van der Waals surface area contributed by atoms with Crippen molar-refractivity contribution in [2.45, 2.75) is 28.8 Å². The zero-order chi connectivity index (χ0) is 25.7. The van der Waals surface area contributed by atoms with Gasteiger partial charge < -0.3 is 10.6 Å². The maximum atomic E-state index is 13.2. The second kappa shape index (κ2) is 8.33. The van der Waals surface area contributed by atoms with Crippen LogP contribution < -0.4 is 15.5 Å². The molecular formula is C24H19F3N4O4S. The third-order valence-corrected chi connectivity index (χ3v) is 7.87. The van der Waals surface area contributed by atoms with Gasteiger partial charge in [0.2, 0.25) is 0 Å². The molecule has 2 heterocycles. The van der Waals surface area contributed by atoms with Crippen molar-refractivity contribution in [3.63, 3.8) is 0 Å². The molecule has 0 radical (unpaired) electrons. The van der Waals surface area contributed by atoms with E-state index in [9.17, 15) is 31.2 Å². The number of nitrogens with one attached hydrogen (secondary N) is 2. The molecular weight excluding hydrogens is 497 g/mol. The highest BCUT2D eigenvalue weighted by atomic mass is 32.2. The van der Waals surface area contributed by atoms with E-state index in [-0.39, 0.29) is 11.6 Å². The van der Waals surface area contributed by atoms with E-state index in [0.717, 1.165) is 46.1 Å². The first-order valence-electron chi connectivity index (χ1n) is 10.9. The van der Waals surface area contributed by atoms with E-state index < -0.39 is 37.7 Å². The quantitative estimate of drug-likeness (QED) is 0.476. The van der Waals surface area contributed by atoms with Gasteiger partial charge in [-0.05, 0) is 66.8 Å². The van der Waals surface area contributed by atoms with Gasteiger partial charge in [-0.15, -0.1) is 0 Å².